The van der Waals surface area contributed by atoms with Crippen LogP contribution in [0.5, 0.6) is 0 Å². The van der Waals surface area contributed by atoms with Crippen molar-refractivity contribution in [2.24, 2.45) is 5.73 Å². The van der Waals surface area contributed by atoms with Crippen LogP contribution in [0.2, 0.25) is 0 Å². The third kappa shape index (κ3) is 2.78. The normalized spacial score (nSPS) is 12.6. The van der Waals surface area contributed by atoms with E-state index in [-0.39, 0.29) is 5.56 Å². The summed E-state index contributed by atoms with van der Waals surface area (Å²) >= 11 is 0. The van der Waals surface area contributed by atoms with Gasteiger partial charge in [0, 0.05) is 0 Å². The molecule has 0 aromatic heterocycles. The first-order chi connectivity index (χ1) is 7.55. The van der Waals surface area contributed by atoms with Crippen molar-refractivity contribution >= 4 is 5.91 Å². The van der Waals surface area contributed by atoms with E-state index in [2.05, 4.69) is 0 Å². The molecule has 0 aliphatic carbocycles. The molecule has 1 aromatic rings. The molecule has 0 atom stereocenters. The van der Waals surface area contributed by atoms with Gasteiger partial charge in [0.05, 0.1) is 11.1 Å². The van der Waals surface area contributed by atoms with E-state index in [1.807, 2.05) is 0 Å². The molecule has 1 amide bonds. The van der Waals surface area contributed by atoms with E-state index in [9.17, 15) is 18.0 Å². The lowest BCUT2D eigenvalue weighted by molar-refractivity contribution is -0.139. The lowest BCUT2D eigenvalue weighted by Gasteiger charge is -2.25. The second-order valence-electron chi connectivity index (χ2n) is 4.84. The second-order valence-corrected chi connectivity index (χ2v) is 4.84. The van der Waals surface area contributed by atoms with Crippen LogP contribution in [0, 0.1) is 0 Å². The van der Waals surface area contributed by atoms with Crippen LogP contribution < -0.4 is 5.73 Å². The fraction of sp³-hybridized carbons (Fsp3) is 0.417. The summed E-state index contributed by atoms with van der Waals surface area (Å²) in [5.74, 6) is -1.07. The van der Waals surface area contributed by atoms with Crippen LogP contribution in [-0.2, 0) is 11.6 Å². The molecular weight excluding hydrogens is 231 g/mol. The number of carbonyl (C=O) groups excluding carboxylic acids is 1. The average Bonchev–Trinajstić information content (AvgIpc) is 2.13. The molecule has 17 heavy (non-hydrogen) atoms. The molecule has 0 spiro atoms. The van der Waals surface area contributed by atoms with Gasteiger partial charge in [-0.1, -0.05) is 32.9 Å². The molecule has 1 rings (SSSR count). The van der Waals surface area contributed by atoms with Crippen LogP contribution in [-0.4, -0.2) is 5.91 Å². The molecule has 1 aromatic carbocycles. The molecule has 0 heterocycles. The van der Waals surface area contributed by atoms with Gasteiger partial charge in [-0.15, -0.1) is 0 Å². The van der Waals surface area contributed by atoms with Crippen LogP contribution >= 0.6 is 0 Å². The van der Waals surface area contributed by atoms with Gasteiger partial charge in [0.2, 0.25) is 5.91 Å². The molecule has 0 saturated carbocycles. The molecule has 2 N–H and O–H groups in total. The molecule has 0 bridgehead atoms. The molecule has 0 unspecified atom stereocenters. The highest BCUT2D eigenvalue weighted by Crippen LogP contribution is 2.39. The summed E-state index contributed by atoms with van der Waals surface area (Å²) in [4.78, 5) is 11.1. The van der Waals surface area contributed by atoms with Crippen molar-refractivity contribution in [2.45, 2.75) is 32.4 Å². The number of primary amides is 1. The Morgan fingerprint density at radius 2 is 1.71 bits per heavy atom. The average molecular weight is 245 g/mol. The second kappa shape index (κ2) is 4.05. The maximum Gasteiger partial charge on any atom is 0.417 e. The Morgan fingerprint density at radius 1 is 1.18 bits per heavy atom. The van der Waals surface area contributed by atoms with Crippen molar-refractivity contribution in [1.82, 2.24) is 0 Å². The van der Waals surface area contributed by atoms with E-state index in [0.29, 0.717) is 0 Å². The zero-order chi connectivity index (χ0) is 13.4. The maximum atomic E-state index is 13.0. The molecule has 0 fully saturated rings. The number of hydrogen-bond acceptors (Lipinski definition) is 1. The first-order valence-electron chi connectivity index (χ1n) is 5.05. The first-order valence-corrected chi connectivity index (χ1v) is 5.05. The highest BCUT2D eigenvalue weighted by atomic mass is 19.4. The molecule has 94 valence electrons. The van der Waals surface area contributed by atoms with Crippen LogP contribution in [0.15, 0.2) is 18.2 Å². The van der Waals surface area contributed by atoms with Gasteiger partial charge in [0.1, 0.15) is 0 Å². The molecule has 0 radical (unpaired) electrons. The monoisotopic (exact) mass is 245 g/mol. The predicted octanol–water partition coefficient (Wildman–Crippen LogP) is 3.10. The smallest absolute Gasteiger partial charge is 0.366 e. The Bertz CT molecular complexity index is 444. The van der Waals surface area contributed by atoms with E-state index in [1.165, 1.54) is 12.1 Å². The highest BCUT2D eigenvalue weighted by molar-refractivity contribution is 5.95. The molecule has 0 aliphatic heterocycles. The highest BCUT2D eigenvalue weighted by Gasteiger charge is 2.39. The Hall–Kier alpha value is -1.52. The summed E-state index contributed by atoms with van der Waals surface area (Å²) < 4.78 is 39.0. The van der Waals surface area contributed by atoms with Crippen molar-refractivity contribution in [3.05, 3.63) is 34.9 Å². The minimum Gasteiger partial charge on any atom is -0.366 e. The van der Waals surface area contributed by atoms with Gasteiger partial charge < -0.3 is 5.73 Å². The Labute approximate surface area is 97.6 Å². The van der Waals surface area contributed by atoms with Crippen molar-refractivity contribution in [2.75, 3.05) is 0 Å². The summed E-state index contributed by atoms with van der Waals surface area (Å²) in [5.41, 5.74) is 2.93. The van der Waals surface area contributed by atoms with Gasteiger partial charge in [0.15, 0.2) is 0 Å². The van der Waals surface area contributed by atoms with Gasteiger partial charge in [-0.2, -0.15) is 13.2 Å². The molecule has 0 saturated heterocycles. The predicted molar refractivity (Wildman–Crippen MR) is 58.7 cm³/mol. The fourth-order valence-electron chi connectivity index (χ4n) is 1.69. The maximum absolute atomic E-state index is 13.0. The van der Waals surface area contributed by atoms with Crippen molar-refractivity contribution in [1.29, 1.82) is 0 Å². The van der Waals surface area contributed by atoms with E-state index in [0.717, 1.165) is 6.07 Å². The topological polar surface area (TPSA) is 43.1 Å². The zero-order valence-corrected chi connectivity index (χ0v) is 9.85. The zero-order valence-electron chi connectivity index (χ0n) is 9.85. The molecule has 5 heteroatoms. The number of carbonyl (C=O) groups is 1. The van der Waals surface area contributed by atoms with E-state index < -0.39 is 28.6 Å². The minimum atomic E-state index is -4.59. The largest absolute Gasteiger partial charge is 0.417 e. The van der Waals surface area contributed by atoms with Gasteiger partial charge in [-0.05, 0) is 17.0 Å². The van der Waals surface area contributed by atoms with Gasteiger partial charge >= 0.3 is 6.18 Å². The van der Waals surface area contributed by atoms with E-state index >= 15 is 0 Å². The minimum absolute atomic E-state index is 0.0706. The van der Waals surface area contributed by atoms with E-state index in [4.69, 9.17) is 5.73 Å². The third-order valence-electron chi connectivity index (χ3n) is 2.42. The van der Waals surface area contributed by atoms with Crippen LogP contribution in [0.25, 0.3) is 0 Å². The Balaban J connectivity index is 3.64. The summed E-state index contributed by atoms with van der Waals surface area (Å²) in [6.07, 6.45) is -4.59. The first kappa shape index (κ1) is 13.5. The number of benzene rings is 1. The molecule has 0 aliphatic rings. The lowest BCUT2D eigenvalue weighted by Crippen LogP contribution is -2.25. The van der Waals surface area contributed by atoms with Crippen molar-refractivity contribution < 1.29 is 18.0 Å². The number of hydrogen-bond donors (Lipinski definition) is 1. The van der Waals surface area contributed by atoms with Crippen LogP contribution in [0.1, 0.15) is 42.3 Å². The van der Waals surface area contributed by atoms with Gasteiger partial charge in [-0.25, -0.2) is 0 Å². The SMILES string of the molecule is CC(C)(C)c1cccc(C(N)=O)c1C(F)(F)F. The standard InChI is InChI=1S/C12H14F3NO/c1-11(2,3)8-6-4-5-7(10(16)17)9(8)12(13,14)15/h4-6H,1-3H3,(H2,16,17). The molecular formula is C12H14F3NO. The number of amides is 1. The van der Waals surface area contributed by atoms with Gasteiger partial charge in [-0.3, -0.25) is 4.79 Å². The molecule has 2 nitrogen and oxygen atoms in total. The van der Waals surface area contributed by atoms with Crippen LogP contribution in [0.3, 0.4) is 0 Å². The summed E-state index contributed by atoms with van der Waals surface area (Å²) in [7, 11) is 0. The van der Waals surface area contributed by atoms with E-state index in [1.54, 1.807) is 20.8 Å². The number of nitrogens with two attached hydrogens (primary N) is 1. The third-order valence-corrected chi connectivity index (χ3v) is 2.42. The van der Waals surface area contributed by atoms with Gasteiger partial charge in [0.25, 0.3) is 0 Å². The van der Waals surface area contributed by atoms with Crippen LogP contribution in [0.4, 0.5) is 13.2 Å². The fourth-order valence-corrected chi connectivity index (χ4v) is 1.69. The number of rotatable bonds is 1. The Kier molecular flexibility index (Phi) is 3.23. The summed E-state index contributed by atoms with van der Waals surface area (Å²) in [5, 5.41) is 0. The lowest BCUT2D eigenvalue weighted by atomic mass is 9.82. The summed E-state index contributed by atoms with van der Waals surface area (Å²) in [6.45, 7) is 4.97. The summed E-state index contributed by atoms with van der Waals surface area (Å²) in [6, 6.07) is 3.88. The van der Waals surface area contributed by atoms with Crippen molar-refractivity contribution in [3.63, 3.8) is 0 Å². The number of halogens is 3. The quantitative estimate of drug-likeness (QED) is 0.811. The van der Waals surface area contributed by atoms with Crippen molar-refractivity contribution in [3.8, 4) is 0 Å². The Morgan fingerprint density at radius 3 is 2.06 bits per heavy atom. The number of alkyl halides is 3.